The average Bonchev–Trinajstić information content (AvgIpc) is 2.65. The van der Waals surface area contributed by atoms with Crippen LogP contribution in [0.25, 0.3) is 0 Å². The first kappa shape index (κ1) is 9.73. The summed E-state index contributed by atoms with van der Waals surface area (Å²) in [5.74, 6) is -0.00562. The Morgan fingerprint density at radius 3 is 2.71 bits per heavy atom. The van der Waals surface area contributed by atoms with E-state index in [-0.39, 0.29) is 5.91 Å². The second-order valence-corrected chi connectivity index (χ2v) is 3.73. The molecule has 1 aromatic heterocycles. The molecular weight excluding hydrogens is 250 g/mol. The second-order valence-electron chi connectivity index (χ2n) is 3.01. The molecule has 4 nitrogen and oxygen atoms in total. The Morgan fingerprint density at radius 1 is 1.43 bits per heavy atom. The van der Waals surface area contributed by atoms with E-state index in [2.05, 4.69) is 15.9 Å². The number of furan rings is 1. The van der Waals surface area contributed by atoms with Crippen LogP contribution in [-0.4, -0.2) is 37.1 Å². The minimum absolute atomic E-state index is 0.00562. The third-order valence-corrected chi connectivity index (χ3v) is 2.76. The lowest BCUT2D eigenvalue weighted by atomic mass is 10.3. The highest BCUT2D eigenvalue weighted by Gasteiger charge is 2.21. The summed E-state index contributed by atoms with van der Waals surface area (Å²) < 4.78 is 10.7. The number of morpholine rings is 1. The molecule has 2 rings (SSSR count). The van der Waals surface area contributed by atoms with Crippen LogP contribution in [0.4, 0.5) is 0 Å². The summed E-state index contributed by atoms with van der Waals surface area (Å²) in [7, 11) is 0. The molecule has 14 heavy (non-hydrogen) atoms. The Bertz CT molecular complexity index is 331. The highest BCUT2D eigenvalue weighted by Crippen LogP contribution is 2.19. The van der Waals surface area contributed by atoms with Crippen molar-refractivity contribution in [3.05, 3.63) is 22.6 Å². The zero-order valence-electron chi connectivity index (χ0n) is 7.53. The molecule has 0 unspecified atom stereocenters. The Balaban J connectivity index is 2.11. The molecule has 76 valence electrons. The van der Waals surface area contributed by atoms with Gasteiger partial charge >= 0.3 is 0 Å². The van der Waals surface area contributed by atoms with Crippen molar-refractivity contribution in [2.45, 2.75) is 0 Å². The van der Waals surface area contributed by atoms with Crippen molar-refractivity contribution in [2.24, 2.45) is 0 Å². The number of nitrogens with zero attached hydrogens (tertiary/aromatic N) is 1. The summed E-state index contributed by atoms with van der Waals surface area (Å²) in [4.78, 5) is 13.6. The van der Waals surface area contributed by atoms with Crippen LogP contribution in [0.5, 0.6) is 0 Å². The van der Waals surface area contributed by atoms with Gasteiger partial charge in [-0.25, -0.2) is 0 Å². The van der Waals surface area contributed by atoms with Gasteiger partial charge < -0.3 is 14.1 Å². The lowest BCUT2D eigenvalue weighted by Gasteiger charge is -2.26. The van der Waals surface area contributed by atoms with Crippen molar-refractivity contribution in [1.29, 1.82) is 0 Å². The van der Waals surface area contributed by atoms with E-state index < -0.39 is 0 Å². The predicted molar refractivity (Wildman–Crippen MR) is 53.1 cm³/mol. The maximum absolute atomic E-state index is 11.9. The fourth-order valence-electron chi connectivity index (χ4n) is 1.38. The van der Waals surface area contributed by atoms with Crippen LogP contribution in [0.2, 0.25) is 0 Å². The summed E-state index contributed by atoms with van der Waals surface area (Å²) in [5.41, 5.74) is 0.576. The quantitative estimate of drug-likeness (QED) is 0.768. The van der Waals surface area contributed by atoms with E-state index in [9.17, 15) is 4.79 Å². The molecule has 1 amide bonds. The van der Waals surface area contributed by atoms with Gasteiger partial charge in [0.15, 0.2) is 4.67 Å². The van der Waals surface area contributed by atoms with Gasteiger partial charge in [0.2, 0.25) is 0 Å². The van der Waals surface area contributed by atoms with Gasteiger partial charge in [0.25, 0.3) is 5.91 Å². The zero-order chi connectivity index (χ0) is 9.97. The third-order valence-electron chi connectivity index (χ3n) is 2.15. The molecule has 0 saturated carbocycles. The van der Waals surface area contributed by atoms with Crippen LogP contribution in [-0.2, 0) is 4.74 Å². The van der Waals surface area contributed by atoms with E-state index >= 15 is 0 Å². The van der Waals surface area contributed by atoms with Gasteiger partial charge in [0.05, 0.1) is 25.0 Å². The van der Waals surface area contributed by atoms with Crippen LogP contribution in [0, 0.1) is 0 Å². The zero-order valence-corrected chi connectivity index (χ0v) is 9.12. The van der Waals surface area contributed by atoms with Crippen molar-refractivity contribution >= 4 is 21.8 Å². The van der Waals surface area contributed by atoms with E-state index in [0.29, 0.717) is 36.5 Å². The van der Waals surface area contributed by atoms with Gasteiger partial charge in [-0.15, -0.1) is 0 Å². The number of rotatable bonds is 1. The molecule has 1 aliphatic heterocycles. The molecule has 0 bridgehead atoms. The average molecular weight is 260 g/mol. The molecule has 5 heteroatoms. The van der Waals surface area contributed by atoms with Gasteiger partial charge in [0, 0.05) is 13.1 Å². The first-order chi connectivity index (χ1) is 6.79. The summed E-state index contributed by atoms with van der Waals surface area (Å²) in [6.45, 7) is 2.52. The van der Waals surface area contributed by atoms with E-state index in [4.69, 9.17) is 9.15 Å². The third kappa shape index (κ3) is 1.83. The molecule has 0 spiro atoms. The Labute approximate surface area is 89.9 Å². The lowest BCUT2D eigenvalue weighted by Crippen LogP contribution is -2.40. The fraction of sp³-hybridized carbons (Fsp3) is 0.444. The summed E-state index contributed by atoms with van der Waals surface area (Å²) in [6.07, 6.45) is 1.50. The van der Waals surface area contributed by atoms with Crippen molar-refractivity contribution in [2.75, 3.05) is 26.3 Å². The smallest absolute Gasteiger partial charge is 0.258 e. The molecule has 0 aromatic carbocycles. The topological polar surface area (TPSA) is 42.7 Å². The number of carbonyl (C=O) groups excluding carboxylic acids is 1. The van der Waals surface area contributed by atoms with Crippen molar-refractivity contribution in [3.63, 3.8) is 0 Å². The molecule has 1 aliphatic rings. The number of hydrogen-bond acceptors (Lipinski definition) is 3. The number of carbonyl (C=O) groups is 1. The summed E-state index contributed by atoms with van der Waals surface area (Å²) in [5, 5.41) is 0. The molecule has 0 radical (unpaired) electrons. The second kappa shape index (κ2) is 4.14. The molecule has 1 aromatic rings. The highest BCUT2D eigenvalue weighted by molar-refractivity contribution is 9.10. The number of hydrogen-bond donors (Lipinski definition) is 0. The molecule has 0 aliphatic carbocycles. The van der Waals surface area contributed by atoms with Crippen LogP contribution < -0.4 is 0 Å². The van der Waals surface area contributed by atoms with Crippen molar-refractivity contribution < 1.29 is 13.9 Å². The first-order valence-electron chi connectivity index (χ1n) is 4.39. The van der Waals surface area contributed by atoms with Crippen LogP contribution >= 0.6 is 15.9 Å². The molecule has 1 fully saturated rings. The van der Waals surface area contributed by atoms with Gasteiger partial charge in [-0.2, -0.15) is 0 Å². The molecule has 1 saturated heterocycles. The molecule has 0 N–H and O–H groups in total. The number of ether oxygens (including phenoxy) is 1. The SMILES string of the molecule is O=C(c1ccoc1Br)N1CCOCC1. The maximum atomic E-state index is 11.9. The Hall–Kier alpha value is -0.810. The Kier molecular flexibility index (Phi) is 2.88. The van der Waals surface area contributed by atoms with E-state index in [1.165, 1.54) is 6.26 Å². The number of amides is 1. The Morgan fingerprint density at radius 2 is 2.14 bits per heavy atom. The first-order valence-corrected chi connectivity index (χ1v) is 5.18. The van der Waals surface area contributed by atoms with E-state index in [0.717, 1.165) is 0 Å². The van der Waals surface area contributed by atoms with Gasteiger partial charge in [0.1, 0.15) is 0 Å². The van der Waals surface area contributed by atoms with Crippen LogP contribution in [0.3, 0.4) is 0 Å². The molecule has 2 heterocycles. The minimum Gasteiger partial charge on any atom is -0.457 e. The molecule has 0 atom stereocenters. The normalized spacial score (nSPS) is 17.1. The standard InChI is InChI=1S/C9H10BrNO3/c10-8-7(1-4-14-8)9(12)11-2-5-13-6-3-11/h1,4H,2-3,5-6H2. The van der Waals surface area contributed by atoms with E-state index in [1.807, 2.05) is 0 Å². The number of halogens is 1. The van der Waals surface area contributed by atoms with Crippen LogP contribution in [0.15, 0.2) is 21.4 Å². The maximum Gasteiger partial charge on any atom is 0.258 e. The van der Waals surface area contributed by atoms with Gasteiger partial charge in [-0.3, -0.25) is 4.79 Å². The van der Waals surface area contributed by atoms with E-state index in [1.54, 1.807) is 11.0 Å². The van der Waals surface area contributed by atoms with Crippen LogP contribution in [0.1, 0.15) is 10.4 Å². The predicted octanol–water partition coefficient (Wildman–Crippen LogP) is 1.51. The largest absolute Gasteiger partial charge is 0.457 e. The lowest BCUT2D eigenvalue weighted by molar-refractivity contribution is 0.0301. The van der Waals surface area contributed by atoms with Crippen molar-refractivity contribution in [1.82, 2.24) is 4.90 Å². The molecular formula is C9H10BrNO3. The monoisotopic (exact) mass is 259 g/mol. The van der Waals surface area contributed by atoms with Crippen molar-refractivity contribution in [3.8, 4) is 0 Å². The van der Waals surface area contributed by atoms with Gasteiger partial charge in [-0.05, 0) is 22.0 Å². The fourth-order valence-corrected chi connectivity index (χ4v) is 1.79. The summed E-state index contributed by atoms with van der Waals surface area (Å²) in [6, 6.07) is 1.67. The minimum atomic E-state index is -0.00562. The summed E-state index contributed by atoms with van der Waals surface area (Å²) >= 11 is 3.19. The highest BCUT2D eigenvalue weighted by atomic mass is 79.9. The van der Waals surface area contributed by atoms with Gasteiger partial charge in [-0.1, -0.05) is 0 Å².